The molecule has 2 aromatic carbocycles. The van der Waals surface area contributed by atoms with Gasteiger partial charge in [-0.05, 0) is 68.4 Å². The molecule has 0 spiro atoms. The molecule has 0 atom stereocenters. The molecule has 2 aliphatic rings. The summed E-state index contributed by atoms with van der Waals surface area (Å²) in [6, 6.07) is 15.1. The fourth-order valence-electron chi connectivity index (χ4n) is 5.25. The molecule has 2 aromatic heterocycles. The number of hydrogen-bond acceptors (Lipinski definition) is 6. The first-order valence-corrected chi connectivity index (χ1v) is 13.3. The zero-order valence-corrected chi connectivity index (χ0v) is 21.6. The summed E-state index contributed by atoms with van der Waals surface area (Å²) in [7, 11) is 0. The van der Waals surface area contributed by atoms with Crippen molar-refractivity contribution >= 4 is 34.1 Å². The molecule has 0 amide bonds. The highest BCUT2D eigenvalue weighted by Crippen LogP contribution is 2.46. The van der Waals surface area contributed by atoms with Crippen molar-refractivity contribution in [2.45, 2.75) is 62.8 Å². The van der Waals surface area contributed by atoms with Gasteiger partial charge in [-0.3, -0.25) is 4.98 Å². The number of fused-ring (bicyclic) bond motifs is 1. The van der Waals surface area contributed by atoms with Gasteiger partial charge in [0.1, 0.15) is 17.5 Å². The number of nitriles is 1. The van der Waals surface area contributed by atoms with E-state index in [1.165, 1.54) is 0 Å². The van der Waals surface area contributed by atoms with Gasteiger partial charge in [-0.2, -0.15) is 5.26 Å². The summed E-state index contributed by atoms with van der Waals surface area (Å²) in [5.74, 6) is 1.23. The Bertz CT molecular complexity index is 1490. The lowest BCUT2D eigenvalue weighted by Crippen LogP contribution is -2.34. The average Bonchev–Trinajstić information content (AvgIpc) is 3.68. The summed E-state index contributed by atoms with van der Waals surface area (Å²) in [4.78, 5) is 4.39. The van der Waals surface area contributed by atoms with Crippen LogP contribution in [0.25, 0.3) is 22.2 Å². The minimum atomic E-state index is -0.934. The highest BCUT2D eigenvalue weighted by atomic mass is 35.5. The third kappa shape index (κ3) is 4.73. The normalized spacial score (nSPS) is 21.7. The van der Waals surface area contributed by atoms with Gasteiger partial charge in [0.15, 0.2) is 0 Å². The van der Waals surface area contributed by atoms with E-state index in [0.717, 1.165) is 53.5 Å². The van der Waals surface area contributed by atoms with E-state index in [-0.39, 0.29) is 6.10 Å². The summed E-state index contributed by atoms with van der Waals surface area (Å²) < 4.78 is 12.1. The molecule has 1 N–H and O–H groups in total. The molecule has 2 fully saturated rings. The predicted octanol–water partition coefficient (Wildman–Crippen LogP) is 7.29. The molecule has 188 valence electrons. The first-order chi connectivity index (χ1) is 17.9. The average molecular weight is 534 g/mol. The van der Waals surface area contributed by atoms with Gasteiger partial charge in [0, 0.05) is 28.6 Å². The van der Waals surface area contributed by atoms with Crippen LogP contribution in [0.4, 0.5) is 0 Å². The van der Waals surface area contributed by atoms with E-state index < -0.39 is 5.60 Å². The zero-order valence-electron chi connectivity index (χ0n) is 20.1. The number of ether oxygens (including phenoxy) is 1. The van der Waals surface area contributed by atoms with Crippen LogP contribution in [0.2, 0.25) is 10.0 Å². The second kappa shape index (κ2) is 9.74. The maximum absolute atomic E-state index is 11.5. The predicted molar refractivity (Wildman–Crippen MR) is 141 cm³/mol. The number of benzene rings is 2. The topological polar surface area (TPSA) is 92.2 Å². The SMILES string of the molecule is N#Cc1cnc2cc(C3(O)CCC(OCc4c(-c5c(Cl)cccc5Cl)noc4C4CC4)CC3)ccc2c1. The van der Waals surface area contributed by atoms with Gasteiger partial charge in [0.05, 0.1) is 39.4 Å². The molecular weight excluding hydrogens is 509 g/mol. The summed E-state index contributed by atoms with van der Waals surface area (Å²) >= 11 is 13.0. The van der Waals surface area contributed by atoms with Crippen LogP contribution in [-0.4, -0.2) is 21.4 Å². The number of pyridine rings is 1. The second-order valence-corrected chi connectivity index (χ2v) is 10.8. The Hall–Kier alpha value is -2.95. The summed E-state index contributed by atoms with van der Waals surface area (Å²) in [5, 5.41) is 26.9. The fraction of sp³-hybridized carbons (Fsp3) is 0.345. The van der Waals surface area contributed by atoms with Gasteiger partial charge in [-0.1, -0.05) is 46.6 Å². The monoisotopic (exact) mass is 533 g/mol. The van der Waals surface area contributed by atoms with Gasteiger partial charge < -0.3 is 14.4 Å². The highest BCUT2D eigenvalue weighted by molar-refractivity contribution is 6.39. The number of aromatic nitrogens is 2. The van der Waals surface area contributed by atoms with Crippen LogP contribution in [0.3, 0.4) is 0 Å². The van der Waals surface area contributed by atoms with Crippen molar-refractivity contribution in [2.24, 2.45) is 0 Å². The van der Waals surface area contributed by atoms with Crippen molar-refractivity contribution in [3.8, 4) is 17.3 Å². The van der Waals surface area contributed by atoms with E-state index in [9.17, 15) is 5.11 Å². The summed E-state index contributed by atoms with van der Waals surface area (Å²) in [5.41, 5.74) is 3.44. The summed E-state index contributed by atoms with van der Waals surface area (Å²) in [6.07, 6.45) is 6.34. The molecule has 0 unspecified atom stereocenters. The van der Waals surface area contributed by atoms with Crippen molar-refractivity contribution in [1.82, 2.24) is 10.1 Å². The number of hydrogen-bond donors (Lipinski definition) is 1. The van der Waals surface area contributed by atoms with Crippen LogP contribution < -0.4 is 0 Å². The number of aliphatic hydroxyl groups is 1. The van der Waals surface area contributed by atoms with Crippen LogP contribution in [0, 0.1) is 11.3 Å². The van der Waals surface area contributed by atoms with Crippen molar-refractivity contribution < 1.29 is 14.4 Å². The van der Waals surface area contributed by atoms with Crippen LogP contribution in [-0.2, 0) is 16.9 Å². The smallest absolute Gasteiger partial charge is 0.145 e. The van der Waals surface area contributed by atoms with Crippen molar-refractivity contribution in [3.63, 3.8) is 0 Å². The quantitative estimate of drug-likeness (QED) is 0.279. The zero-order chi connectivity index (χ0) is 25.6. The lowest BCUT2D eigenvalue weighted by atomic mass is 9.78. The second-order valence-electron chi connectivity index (χ2n) is 10.0. The Morgan fingerprint density at radius 3 is 2.54 bits per heavy atom. The molecular formula is C29H25Cl2N3O3. The first kappa shape index (κ1) is 24.4. The molecule has 6 nitrogen and oxygen atoms in total. The van der Waals surface area contributed by atoms with E-state index in [2.05, 4.69) is 16.2 Å². The third-order valence-corrected chi connectivity index (χ3v) is 8.17. The molecule has 0 bridgehead atoms. The maximum atomic E-state index is 11.5. The molecule has 4 aromatic rings. The van der Waals surface area contributed by atoms with Crippen molar-refractivity contribution in [2.75, 3.05) is 0 Å². The lowest BCUT2D eigenvalue weighted by molar-refractivity contribution is -0.0640. The van der Waals surface area contributed by atoms with Gasteiger partial charge in [-0.25, -0.2) is 0 Å². The number of halogens is 2. The Morgan fingerprint density at radius 1 is 1.08 bits per heavy atom. The largest absolute Gasteiger partial charge is 0.385 e. The van der Waals surface area contributed by atoms with E-state index in [0.29, 0.717) is 52.2 Å². The lowest BCUT2D eigenvalue weighted by Gasteiger charge is -2.36. The van der Waals surface area contributed by atoms with Crippen LogP contribution in [0.15, 0.2) is 53.2 Å². The number of rotatable bonds is 6. The van der Waals surface area contributed by atoms with Crippen LogP contribution in [0.1, 0.15) is 66.9 Å². The molecule has 0 aliphatic heterocycles. The Balaban J connectivity index is 1.17. The van der Waals surface area contributed by atoms with Crippen molar-refractivity contribution in [3.05, 3.63) is 81.2 Å². The van der Waals surface area contributed by atoms with Gasteiger partial charge in [0.2, 0.25) is 0 Å². The Morgan fingerprint density at radius 2 is 1.84 bits per heavy atom. The fourth-order valence-corrected chi connectivity index (χ4v) is 5.82. The molecule has 6 rings (SSSR count). The van der Waals surface area contributed by atoms with Crippen LogP contribution in [0.5, 0.6) is 0 Å². The summed E-state index contributed by atoms with van der Waals surface area (Å²) in [6.45, 7) is 0.358. The molecule has 2 heterocycles. The Kier molecular flexibility index (Phi) is 6.42. The molecule has 8 heteroatoms. The third-order valence-electron chi connectivity index (χ3n) is 7.54. The van der Waals surface area contributed by atoms with E-state index in [1.54, 1.807) is 18.3 Å². The maximum Gasteiger partial charge on any atom is 0.145 e. The van der Waals surface area contributed by atoms with E-state index in [4.69, 9.17) is 37.7 Å². The number of nitrogens with zero attached hydrogens (tertiary/aromatic N) is 3. The minimum absolute atomic E-state index is 0.00793. The van der Waals surface area contributed by atoms with Crippen molar-refractivity contribution in [1.29, 1.82) is 5.26 Å². The Labute approximate surface area is 224 Å². The highest BCUT2D eigenvalue weighted by Gasteiger charge is 2.37. The van der Waals surface area contributed by atoms with Gasteiger partial charge >= 0.3 is 0 Å². The molecule has 37 heavy (non-hydrogen) atoms. The molecule has 0 radical (unpaired) electrons. The minimum Gasteiger partial charge on any atom is -0.385 e. The van der Waals surface area contributed by atoms with E-state index in [1.807, 2.05) is 30.3 Å². The first-order valence-electron chi connectivity index (χ1n) is 12.5. The van der Waals surface area contributed by atoms with E-state index >= 15 is 0 Å². The van der Waals surface area contributed by atoms with Gasteiger partial charge in [0.25, 0.3) is 0 Å². The molecule has 0 saturated heterocycles. The molecule has 2 aliphatic carbocycles. The van der Waals surface area contributed by atoms with Crippen LogP contribution >= 0.6 is 23.2 Å². The molecule has 2 saturated carbocycles. The standard InChI is InChI=1S/C29H25Cl2N3O3/c30-23-2-1-3-24(31)26(23)27-22(28(37-34-27)18-4-5-18)16-36-21-8-10-29(35,11-9-21)20-7-6-19-12-17(14-32)15-33-25(19)13-20/h1-3,6-7,12-13,15,18,21,35H,4-5,8-11,16H2. The van der Waals surface area contributed by atoms with Gasteiger partial charge in [-0.15, -0.1) is 0 Å².